The van der Waals surface area contributed by atoms with Crippen molar-refractivity contribution in [2.45, 2.75) is 26.4 Å². The molecule has 2 aromatic carbocycles. The zero-order valence-electron chi connectivity index (χ0n) is 14.9. The molecular weight excluding hydrogens is 350 g/mol. The fraction of sp³-hybridized carbons (Fsp3) is 0.250. The monoisotopic (exact) mass is 369 g/mol. The minimum Gasteiger partial charge on any atom is -0.337 e. The van der Waals surface area contributed by atoms with Gasteiger partial charge in [-0.1, -0.05) is 35.9 Å². The van der Waals surface area contributed by atoms with Crippen molar-refractivity contribution >= 4 is 28.4 Å². The Hall–Kier alpha value is -2.66. The van der Waals surface area contributed by atoms with E-state index in [-0.39, 0.29) is 24.1 Å². The van der Waals surface area contributed by atoms with Crippen LogP contribution >= 0.6 is 11.6 Å². The first-order valence-corrected chi connectivity index (χ1v) is 8.72. The van der Waals surface area contributed by atoms with Gasteiger partial charge in [-0.2, -0.15) is 0 Å². The van der Waals surface area contributed by atoms with E-state index in [4.69, 9.17) is 11.6 Å². The molecule has 0 bridgehead atoms. The van der Waals surface area contributed by atoms with Gasteiger partial charge in [0.1, 0.15) is 6.54 Å². The molecule has 0 spiro atoms. The van der Waals surface area contributed by atoms with E-state index >= 15 is 0 Å². The molecule has 6 heteroatoms. The molecule has 1 unspecified atom stereocenters. The molecule has 134 valence electrons. The summed E-state index contributed by atoms with van der Waals surface area (Å²) >= 11 is 6.03. The number of hydrogen-bond acceptors (Lipinski definition) is 3. The van der Waals surface area contributed by atoms with Gasteiger partial charge in [-0.25, -0.2) is 4.98 Å². The van der Waals surface area contributed by atoms with Crippen molar-refractivity contribution in [3.05, 3.63) is 75.3 Å². The van der Waals surface area contributed by atoms with Crippen LogP contribution in [0.25, 0.3) is 10.9 Å². The Kier molecular flexibility index (Phi) is 5.09. The van der Waals surface area contributed by atoms with Crippen molar-refractivity contribution in [1.29, 1.82) is 0 Å². The lowest BCUT2D eigenvalue weighted by molar-refractivity contribution is -0.132. The molecule has 1 atom stereocenters. The number of likely N-dealkylation sites (N-methyl/N-ethyl adjacent to an activating group) is 1. The summed E-state index contributed by atoms with van der Waals surface area (Å²) in [6, 6.07) is 12.7. The molecule has 0 aliphatic heterocycles. The zero-order chi connectivity index (χ0) is 18.8. The van der Waals surface area contributed by atoms with Gasteiger partial charge in [0.2, 0.25) is 5.91 Å². The first-order valence-electron chi connectivity index (χ1n) is 8.34. The van der Waals surface area contributed by atoms with Crippen molar-refractivity contribution in [2.24, 2.45) is 0 Å². The Morgan fingerprint density at radius 1 is 1.27 bits per heavy atom. The molecule has 3 aromatic rings. The number of rotatable bonds is 4. The topological polar surface area (TPSA) is 55.2 Å². The minimum atomic E-state index is -0.212. The summed E-state index contributed by atoms with van der Waals surface area (Å²) in [5.41, 5.74) is 2.33. The van der Waals surface area contributed by atoms with Gasteiger partial charge < -0.3 is 4.90 Å². The Morgan fingerprint density at radius 3 is 2.73 bits per heavy atom. The van der Waals surface area contributed by atoms with E-state index in [2.05, 4.69) is 4.98 Å². The average molecular weight is 370 g/mol. The van der Waals surface area contributed by atoms with Crippen LogP contribution in [0.3, 0.4) is 0 Å². The SMILES string of the molecule is Cc1cccc2c(=O)n(CC(=O)N(C)C(C)c3cccc(Cl)c3)cnc12. The Labute approximate surface area is 156 Å². The lowest BCUT2D eigenvalue weighted by Crippen LogP contribution is -2.35. The van der Waals surface area contributed by atoms with Crippen molar-refractivity contribution < 1.29 is 4.79 Å². The molecule has 1 aromatic heterocycles. The van der Waals surface area contributed by atoms with Crippen LogP contribution in [0.15, 0.2) is 53.6 Å². The molecule has 0 radical (unpaired) electrons. The average Bonchev–Trinajstić information content (AvgIpc) is 2.63. The van der Waals surface area contributed by atoms with E-state index in [0.29, 0.717) is 15.9 Å². The van der Waals surface area contributed by atoms with Gasteiger partial charge in [0, 0.05) is 12.1 Å². The predicted octanol–water partition coefficient (Wildman–Crippen LogP) is 3.58. The largest absolute Gasteiger partial charge is 0.337 e. The molecule has 1 heterocycles. The summed E-state index contributed by atoms with van der Waals surface area (Å²) in [6.07, 6.45) is 1.44. The molecule has 3 rings (SSSR count). The number of carbonyl (C=O) groups is 1. The highest BCUT2D eigenvalue weighted by Crippen LogP contribution is 2.22. The third-order valence-electron chi connectivity index (χ3n) is 4.67. The van der Waals surface area contributed by atoms with Gasteiger partial charge in [-0.15, -0.1) is 0 Å². The van der Waals surface area contributed by atoms with Crippen LogP contribution < -0.4 is 5.56 Å². The number of carbonyl (C=O) groups excluding carboxylic acids is 1. The third-order valence-corrected chi connectivity index (χ3v) is 4.90. The van der Waals surface area contributed by atoms with Crippen molar-refractivity contribution in [3.63, 3.8) is 0 Å². The van der Waals surface area contributed by atoms with Crippen LogP contribution in [-0.2, 0) is 11.3 Å². The first kappa shape index (κ1) is 18.1. The predicted molar refractivity (Wildman–Crippen MR) is 103 cm³/mol. The number of nitrogens with zero attached hydrogens (tertiary/aromatic N) is 3. The first-order chi connectivity index (χ1) is 12.4. The van der Waals surface area contributed by atoms with Crippen LogP contribution in [0.5, 0.6) is 0 Å². The van der Waals surface area contributed by atoms with E-state index < -0.39 is 0 Å². The third kappa shape index (κ3) is 3.48. The van der Waals surface area contributed by atoms with Crippen LogP contribution in [0.2, 0.25) is 5.02 Å². The number of para-hydroxylation sites is 1. The number of hydrogen-bond donors (Lipinski definition) is 0. The highest BCUT2D eigenvalue weighted by Gasteiger charge is 2.19. The van der Waals surface area contributed by atoms with Gasteiger partial charge in [-0.3, -0.25) is 14.2 Å². The molecule has 0 aliphatic rings. The van der Waals surface area contributed by atoms with Gasteiger partial charge >= 0.3 is 0 Å². The molecule has 0 saturated carbocycles. The zero-order valence-corrected chi connectivity index (χ0v) is 15.7. The van der Waals surface area contributed by atoms with Crippen molar-refractivity contribution in [1.82, 2.24) is 14.5 Å². The number of aromatic nitrogens is 2. The van der Waals surface area contributed by atoms with Crippen molar-refractivity contribution in [3.8, 4) is 0 Å². The normalized spacial score (nSPS) is 12.2. The molecule has 0 saturated heterocycles. The van der Waals surface area contributed by atoms with Crippen LogP contribution in [0.1, 0.15) is 24.1 Å². The minimum absolute atomic E-state index is 0.0584. The molecule has 26 heavy (non-hydrogen) atoms. The van der Waals surface area contributed by atoms with Gasteiger partial charge in [0.05, 0.1) is 23.3 Å². The smallest absolute Gasteiger partial charge is 0.261 e. The van der Waals surface area contributed by atoms with Crippen LogP contribution in [-0.4, -0.2) is 27.4 Å². The molecular formula is C20H20ClN3O2. The van der Waals surface area contributed by atoms with Crippen molar-refractivity contribution in [2.75, 3.05) is 7.05 Å². The highest BCUT2D eigenvalue weighted by atomic mass is 35.5. The van der Waals surface area contributed by atoms with E-state index in [1.165, 1.54) is 10.9 Å². The quantitative estimate of drug-likeness (QED) is 0.706. The van der Waals surface area contributed by atoms with Gasteiger partial charge in [-0.05, 0) is 43.2 Å². The molecule has 0 aliphatic carbocycles. The van der Waals surface area contributed by atoms with Crippen LogP contribution in [0.4, 0.5) is 0 Å². The lowest BCUT2D eigenvalue weighted by Gasteiger charge is -2.25. The highest BCUT2D eigenvalue weighted by molar-refractivity contribution is 6.30. The Bertz CT molecular complexity index is 1030. The fourth-order valence-electron chi connectivity index (χ4n) is 2.91. The summed E-state index contributed by atoms with van der Waals surface area (Å²) in [5.74, 6) is -0.173. The standard InChI is InChI=1S/C20H20ClN3O2/c1-13-6-4-9-17-19(13)22-12-24(20(17)26)11-18(25)23(3)14(2)15-7-5-8-16(21)10-15/h4-10,12,14H,11H2,1-3H3. The lowest BCUT2D eigenvalue weighted by atomic mass is 10.1. The summed E-state index contributed by atoms with van der Waals surface area (Å²) in [7, 11) is 1.72. The van der Waals surface area contributed by atoms with Gasteiger partial charge in [0.25, 0.3) is 5.56 Å². The number of aryl methyl sites for hydroxylation is 1. The van der Waals surface area contributed by atoms with Crippen LogP contribution in [0, 0.1) is 6.92 Å². The summed E-state index contributed by atoms with van der Waals surface area (Å²) in [5, 5.41) is 1.14. The van der Waals surface area contributed by atoms with E-state index in [1.54, 1.807) is 24.1 Å². The molecule has 0 N–H and O–H groups in total. The maximum atomic E-state index is 12.7. The second-order valence-electron chi connectivity index (χ2n) is 6.38. The fourth-order valence-corrected chi connectivity index (χ4v) is 3.11. The molecule has 1 amide bonds. The maximum absolute atomic E-state index is 12.7. The number of amides is 1. The second kappa shape index (κ2) is 7.30. The second-order valence-corrected chi connectivity index (χ2v) is 6.82. The summed E-state index contributed by atoms with van der Waals surface area (Å²) in [6.45, 7) is 3.77. The van der Waals surface area contributed by atoms with E-state index in [9.17, 15) is 9.59 Å². The van der Waals surface area contributed by atoms with E-state index in [1.807, 2.05) is 44.2 Å². The Morgan fingerprint density at radius 2 is 2.00 bits per heavy atom. The number of fused-ring (bicyclic) bond motifs is 1. The number of halogens is 1. The molecule has 5 nitrogen and oxygen atoms in total. The maximum Gasteiger partial charge on any atom is 0.261 e. The number of benzene rings is 2. The van der Waals surface area contributed by atoms with Gasteiger partial charge in [0.15, 0.2) is 0 Å². The Balaban J connectivity index is 1.84. The summed E-state index contributed by atoms with van der Waals surface area (Å²) < 4.78 is 1.35. The van der Waals surface area contributed by atoms with E-state index in [0.717, 1.165) is 11.1 Å². The molecule has 0 fully saturated rings. The summed E-state index contributed by atoms with van der Waals surface area (Å²) in [4.78, 5) is 31.3.